The van der Waals surface area contributed by atoms with Crippen LogP contribution in [-0.4, -0.2) is 16.7 Å². The third kappa shape index (κ3) is 3.23. The summed E-state index contributed by atoms with van der Waals surface area (Å²) in [4.78, 5) is 4.26. The molecule has 1 saturated carbocycles. The van der Waals surface area contributed by atoms with Crippen molar-refractivity contribution in [3.05, 3.63) is 65.0 Å². The van der Waals surface area contributed by atoms with Crippen molar-refractivity contribution >= 4 is 0 Å². The van der Waals surface area contributed by atoms with Gasteiger partial charge in [0.2, 0.25) is 0 Å². The number of hydrogen-bond donors (Lipinski definition) is 1. The Hall–Kier alpha value is -1.67. The standard InChI is InChI=1S/C25H33NO/c1-18(14-19-6-4-13-26-16-19)20-7-9-22-21(15-20)8-10-23-24(2,17-27)11-5-12-25(22,23)3/h4,6-7,9,13,15-16,18,23,27H,5,8,10-12,14,17H2,1-3H3/t18?,23-,24-,25+/m0/s1. The van der Waals surface area contributed by atoms with Crippen LogP contribution in [0.3, 0.4) is 0 Å². The fraction of sp³-hybridized carbons (Fsp3) is 0.560. The van der Waals surface area contributed by atoms with E-state index in [1.165, 1.54) is 36.8 Å². The average molecular weight is 364 g/mol. The summed E-state index contributed by atoms with van der Waals surface area (Å²) in [5.74, 6) is 1.09. The van der Waals surface area contributed by atoms with E-state index < -0.39 is 0 Å². The minimum absolute atomic E-state index is 0.0803. The predicted molar refractivity (Wildman–Crippen MR) is 111 cm³/mol. The van der Waals surface area contributed by atoms with Gasteiger partial charge < -0.3 is 5.11 Å². The Kier molecular flexibility index (Phi) is 4.88. The van der Waals surface area contributed by atoms with Gasteiger partial charge in [0.1, 0.15) is 0 Å². The summed E-state index contributed by atoms with van der Waals surface area (Å²) in [6, 6.07) is 11.4. The number of hydrogen-bond acceptors (Lipinski definition) is 2. The lowest BCUT2D eigenvalue weighted by Crippen LogP contribution is -2.50. The van der Waals surface area contributed by atoms with Crippen LogP contribution in [0.1, 0.15) is 74.6 Å². The minimum atomic E-state index is 0.0803. The summed E-state index contributed by atoms with van der Waals surface area (Å²) < 4.78 is 0. The molecule has 0 bridgehead atoms. The molecule has 1 aromatic heterocycles. The zero-order valence-corrected chi connectivity index (χ0v) is 17.0. The maximum absolute atomic E-state index is 10.1. The number of benzene rings is 1. The first-order chi connectivity index (χ1) is 13.0. The van der Waals surface area contributed by atoms with Crippen molar-refractivity contribution in [2.45, 2.75) is 70.6 Å². The first-order valence-electron chi connectivity index (χ1n) is 10.6. The van der Waals surface area contributed by atoms with Crippen molar-refractivity contribution in [1.29, 1.82) is 0 Å². The Balaban J connectivity index is 1.62. The summed E-state index contributed by atoms with van der Waals surface area (Å²) >= 11 is 0. The van der Waals surface area contributed by atoms with Crippen LogP contribution in [0.15, 0.2) is 42.7 Å². The van der Waals surface area contributed by atoms with Crippen molar-refractivity contribution in [2.75, 3.05) is 6.61 Å². The maximum Gasteiger partial charge on any atom is 0.0487 e. The molecule has 0 spiro atoms. The van der Waals surface area contributed by atoms with Gasteiger partial charge in [-0.15, -0.1) is 0 Å². The number of fused-ring (bicyclic) bond motifs is 3. The first kappa shape index (κ1) is 18.7. The molecule has 4 rings (SSSR count). The summed E-state index contributed by atoms with van der Waals surface area (Å²) in [6.45, 7) is 7.42. The van der Waals surface area contributed by atoms with E-state index in [1.807, 2.05) is 18.5 Å². The van der Waals surface area contributed by atoms with E-state index >= 15 is 0 Å². The van der Waals surface area contributed by atoms with Crippen molar-refractivity contribution < 1.29 is 5.11 Å². The van der Waals surface area contributed by atoms with Crippen LogP contribution in [0.4, 0.5) is 0 Å². The summed E-state index contributed by atoms with van der Waals surface area (Å²) in [7, 11) is 0. The van der Waals surface area contributed by atoms with E-state index in [2.05, 4.69) is 50.0 Å². The van der Waals surface area contributed by atoms with E-state index in [9.17, 15) is 5.11 Å². The van der Waals surface area contributed by atoms with Gasteiger partial charge in [0.25, 0.3) is 0 Å². The molecule has 0 aliphatic heterocycles. The summed E-state index contributed by atoms with van der Waals surface area (Å²) in [5, 5.41) is 10.1. The van der Waals surface area contributed by atoms with E-state index in [-0.39, 0.29) is 10.8 Å². The van der Waals surface area contributed by atoms with Crippen molar-refractivity contribution in [1.82, 2.24) is 4.98 Å². The molecule has 2 aromatic rings. The molecule has 1 heterocycles. The number of aromatic nitrogens is 1. The molecule has 2 aliphatic rings. The molecule has 144 valence electrons. The lowest BCUT2D eigenvalue weighted by molar-refractivity contribution is -0.0179. The van der Waals surface area contributed by atoms with Crippen LogP contribution >= 0.6 is 0 Å². The number of nitrogens with zero attached hydrogens (tertiary/aromatic N) is 1. The Bertz CT molecular complexity index is 801. The number of aryl methyl sites for hydroxylation is 1. The molecule has 1 unspecified atom stereocenters. The highest BCUT2D eigenvalue weighted by molar-refractivity contribution is 5.42. The van der Waals surface area contributed by atoms with E-state index in [1.54, 1.807) is 11.1 Å². The largest absolute Gasteiger partial charge is 0.396 e. The van der Waals surface area contributed by atoms with Gasteiger partial charge >= 0.3 is 0 Å². The van der Waals surface area contributed by atoms with Crippen LogP contribution in [0.2, 0.25) is 0 Å². The van der Waals surface area contributed by atoms with Crippen LogP contribution < -0.4 is 0 Å². The number of pyridine rings is 1. The third-order valence-corrected chi connectivity index (χ3v) is 7.70. The summed E-state index contributed by atoms with van der Waals surface area (Å²) in [5.41, 5.74) is 6.15. The molecule has 4 atom stereocenters. The summed E-state index contributed by atoms with van der Waals surface area (Å²) in [6.07, 6.45) is 10.9. The molecular formula is C25H33NO. The highest BCUT2D eigenvalue weighted by Gasteiger charge is 2.51. The molecule has 0 saturated heterocycles. The SMILES string of the molecule is CC(Cc1cccnc1)c1ccc2c(c1)CC[C@H]1[C@](C)(CO)CCC[C@]21C. The van der Waals surface area contributed by atoms with Gasteiger partial charge in [-0.3, -0.25) is 4.98 Å². The van der Waals surface area contributed by atoms with Crippen LogP contribution in [0.25, 0.3) is 0 Å². The lowest BCUT2D eigenvalue weighted by Gasteiger charge is -2.55. The molecular weight excluding hydrogens is 330 g/mol. The molecule has 0 amide bonds. The normalized spacial score (nSPS) is 31.0. The van der Waals surface area contributed by atoms with E-state index in [4.69, 9.17) is 0 Å². The smallest absolute Gasteiger partial charge is 0.0487 e. The van der Waals surface area contributed by atoms with Gasteiger partial charge in [-0.2, -0.15) is 0 Å². The second-order valence-electron chi connectivity index (χ2n) is 9.56. The molecule has 1 N–H and O–H groups in total. The van der Waals surface area contributed by atoms with Gasteiger partial charge in [0.15, 0.2) is 0 Å². The van der Waals surface area contributed by atoms with Gasteiger partial charge in [0, 0.05) is 19.0 Å². The topological polar surface area (TPSA) is 33.1 Å². The quantitative estimate of drug-likeness (QED) is 0.785. The fourth-order valence-corrected chi connectivity index (χ4v) is 6.13. The van der Waals surface area contributed by atoms with E-state index in [0.29, 0.717) is 18.4 Å². The third-order valence-electron chi connectivity index (χ3n) is 7.70. The number of aliphatic hydroxyl groups is 1. The monoisotopic (exact) mass is 363 g/mol. The zero-order valence-electron chi connectivity index (χ0n) is 17.0. The van der Waals surface area contributed by atoms with E-state index in [0.717, 1.165) is 12.8 Å². The molecule has 0 radical (unpaired) electrons. The molecule has 1 fully saturated rings. The van der Waals surface area contributed by atoms with Crippen LogP contribution in [0.5, 0.6) is 0 Å². The molecule has 27 heavy (non-hydrogen) atoms. The van der Waals surface area contributed by atoms with Gasteiger partial charge in [0.05, 0.1) is 0 Å². The van der Waals surface area contributed by atoms with Gasteiger partial charge in [-0.25, -0.2) is 0 Å². The predicted octanol–water partition coefficient (Wildman–Crippen LogP) is 5.43. The Morgan fingerprint density at radius 3 is 2.81 bits per heavy atom. The first-order valence-corrected chi connectivity index (χ1v) is 10.6. The Labute approximate surface area is 164 Å². The fourth-order valence-electron chi connectivity index (χ4n) is 6.13. The van der Waals surface area contributed by atoms with Crippen molar-refractivity contribution in [3.63, 3.8) is 0 Å². The molecule has 2 nitrogen and oxygen atoms in total. The second kappa shape index (κ2) is 7.05. The molecule has 1 aromatic carbocycles. The highest BCUT2D eigenvalue weighted by Crippen LogP contribution is 2.57. The average Bonchev–Trinajstić information content (AvgIpc) is 2.68. The van der Waals surface area contributed by atoms with Gasteiger partial charge in [-0.05, 0) is 83.1 Å². The number of aliphatic hydroxyl groups excluding tert-OH is 1. The molecule has 2 heteroatoms. The van der Waals surface area contributed by atoms with Crippen molar-refractivity contribution in [3.8, 4) is 0 Å². The highest BCUT2D eigenvalue weighted by atomic mass is 16.3. The van der Waals surface area contributed by atoms with Crippen molar-refractivity contribution in [2.24, 2.45) is 11.3 Å². The minimum Gasteiger partial charge on any atom is -0.396 e. The molecule has 2 aliphatic carbocycles. The number of rotatable bonds is 4. The van der Waals surface area contributed by atoms with Gasteiger partial charge in [-0.1, -0.05) is 51.5 Å². The Morgan fingerprint density at radius 1 is 1.22 bits per heavy atom. The van der Waals surface area contributed by atoms with Crippen LogP contribution in [-0.2, 0) is 18.3 Å². The Morgan fingerprint density at radius 2 is 2.07 bits per heavy atom. The second-order valence-corrected chi connectivity index (χ2v) is 9.56. The lowest BCUT2D eigenvalue weighted by atomic mass is 9.50. The van der Waals surface area contributed by atoms with Crippen LogP contribution in [0, 0.1) is 11.3 Å². The maximum atomic E-state index is 10.1. The zero-order chi connectivity index (χ0) is 19.1.